The first-order valence-electron chi connectivity index (χ1n) is 7.99. The molecule has 1 amide bonds. The highest BCUT2D eigenvalue weighted by Gasteiger charge is 2.15. The van der Waals surface area contributed by atoms with E-state index in [1.807, 2.05) is 18.2 Å². The zero-order valence-corrected chi connectivity index (χ0v) is 16.0. The highest BCUT2D eigenvalue weighted by atomic mass is 32.2. The molecule has 0 saturated carbocycles. The fraction of sp³-hybridized carbons (Fsp3) is 0.316. The standard InChI is InChI=1S/C19H22FNO4S/c1-19(2,3)13-6-5-7-14(10-13)25-12-18(22)21-17-11-15(26(4,23)24)8-9-16(17)20/h5-11H,12H2,1-4H3,(H,21,22). The minimum Gasteiger partial charge on any atom is -0.484 e. The van der Waals surface area contributed by atoms with Crippen molar-refractivity contribution < 1.29 is 22.3 Å². The van der Waals surface area contributed by atoms with E-state index in [0.717, 1.165) is 30.0 Å². The average molecular weight is 379 g/mol. The third kappa shape index (κ3) is 5.29. The number of nitrogens with one attached hydrogen (secondary N) is 1. The summed E-state index contributed by atoms with van der Waals surface area (Å²) in [6.07, 6.45) is 1.01. The minimum atomic E-state index is -3.50. The van der Waals surface area contributed by atoms with Gasteiger partial charge in [-0.1, -0.05) is 32.9 Å². The van der Waals surface area contributed by atoms with E-state index in [4.69, 9.17) is 4.74 Å². The minimum absolute atomic E-state index is 0.0587. The van der Waals surface area contributed by atoms with Crippen LogP contribution in [0.25, 0.3) is 0 Å². The number of rotatable bonds is 5. The van der Waals surface area contributed by atoms with E-state index >= 15 is 0 Å². The van der Waals surface area contributed by atoms with Gasteiger partial charge in [0.05, 0.1) is 10.6 Å². The molecule has 0 radical (unpaired) electrons. The van der Waals surface area contributed by atoms with E-state index in [1.165, 1.54) is 0 Å². The van der Waals surface area contributed by atoms with Gasteiger partial charge in [0.1, 0.15) is 11.6 Å². The summed E-state index contributed by atoms with van der Waals surface area (Å²) in [7, 11) is -3.50. The Morgan fingerprint density at radius 3 is 2.46 bits per heavy atom. The number of hydrogen-bond donors (Lipinski definition) is 1. The summed E-state index contributed by atoms with van der Waals surface area (Å²) < 4.78 is 42.4. The van der Waals surface area contributed by atoms with Crippen molar-refractivity contribution in [2.24, 2.45) is 0 Å². The van der Waals surface area contributed by atoms with Gasteiger partial charge in [-0.3, -0.25) is 4.79 Å². The van der Waals surface area contributed by atoms with E-state index in [-0.39, 0.29) is 22.6 Å². The lowest BCUT2D eigenvalue weighted by atomic mass is 9.87. The predicted molar refractivity (Wildman–Crippen MR) is 98.8 cm³/mol. The number of carbonyl (C=O) groups excluding carboxylic acids is 1. The van der Waals surface area contributed by atoms with Gasteiger partial charge in [0.2, 0.25) is 0 Å². The Labute approximate surface area is 153 Å². The lowest BCUT2D eigenvalue weighted by Crippen LogP contribution is -2.21. The monoisotopic (exact) mass is 379 g/mol. The van der Waals surface area contributed by atoms with Gasteiger partial charge in [-0.15, -0.1) is 0 Å². The second-order valence-electron chi connectivity index (χ2n) is 7.03. The van der Waals surface area contributed by atoms with Crippen LogP contribution in [0, 0.1) is 5.82 Å². The molecule has 0 aromatic heterocycles. The fourth-order valence-corrected chi connectivity index (χ4v) is 2.87. The van der Waals surface area contributed by atoms with Crippen LogP contribution in [0.4, 0.5) is 10.1 Å². The number of amides is 1. The molecule has 0 bridgehead atoms. The largest absolute Gasteiger partial charge is 0.484 e. The van der Waals surface area contributed by atoms with Crippen LogP contribution in [0.15, 0.2) is 47.4 Å². The van der Waals surface area contributed by atoms with Crippen molar-refractivity contribution in [1.29, 1.82) is 0 Å². The Bertz CT molecular complexity index is 917. The molecule has 0 spiro atoms. The van der Waals surface area contributed by atoms with Crippen molar-refractivity contribution in [3.63, 3.8) is 0 Å². The van der Waals surface area contributed by atoms with Crippen LogP contribution >= 0.6 is 0 Å². The average Bonchev–Trinajstić information content (AvgIpc) is 2.53. The molecule has 26 heavy (non-hydrogen) atoms. The van der Waals surface area contributed by atoms with Crippen LogP contribution in [0.5, 0.6) is 5.75 Å². The zero-order chi connectivity index (χ0) is 19.5. The molecule has 0 unspecified atom stereocenters. The molecular formula is C19H22FNO4S. The molecule has 140 valence electrons. The molecule has 7 heteroatoms. The van der Waals surface area contributed by atoms with Crippen LogP contribution in [-0.4, -0.2) is 27.2 Å². The first-order chi connectivity index (χ1) is 12.0. The maximum Gasteiger partial charge on any atom is 0.262 e. The van der Waals surface area contributed by atoms with E-state index in [2.05, 4.69) is 26.1 Å². The van der Waals surface area contributed by atoms with Crippen molar-refractivity contribution in [3.8, 4) is 5.75 Å². The summed E-state index contributed by atoms with van der Waals surface area (Å²) in [5.74, 6) is -0.783. The van der Waals surface area contributed by atoms with Crippen LogP contribution in [0.3, 0.4) is 0 Å². The van der Waals surface area contributed by atoms with Gasteiger partial charge in [0.25, 0.3) is 5.91 Å². The van der Waals surface area contributed by atoms with E-state index in [0.29, 0.717) is 5.75 Å². The smallest absolute Gasteiger partial charge is 0.262 e. The normalized spacial score (nSPS) is 11.9. The fourth-order valence-electron chi connectivity index (χ4n) is 2.22. The van der Waals surface area contributed by atoms with Gasteiger partial charge >= 0.3 is 0 Å². The molecule has 1 N–H and O–H groups in total. The Balaban J connectivity index is 2.06. The third-order valence-corrected chi connectivity index (χ3v) is 4.82. The molecular weight excluding hydrogens is 357 g/mol. The van der Waals surface area contributed by atoms with Crippen molar-refractivity contribution in [3.05, 3.63) is 53.8 Å². The molecule has 0 fully saturated rings. The molecule has 0 aliphatic rings. The molecule has 0 aliphatic heterocycles. The first-order valence-corrected chi connectivity index (χ1v) is 9.89. The lowest BCUT2D eigenvalue weighted by molar-refractivity contribution is -0.118. The van der Waals surface area contributed by atoms with E-state index in [9.17, 15) is 17.6 Å². The SMILES string of the molecule is CC(C)(C)c1cccc(OCC(=O)Nc2cc(S(C)(=O)=O)ccc2F)c1. The molecule has 0 saturated heterocycles. The van der Waals surface area contributed by atoms with Crippen LogP contribution in [-0.2, 0) is 20.0 Å². The molecule has 2 rings (SSSR count). The van der Waals surface area contributed by atoms with Gasteiger partial charge in [-0.05, 0) is 41.3 Å². The quantitative estimate of drug-likeness (QED) is 0.807. The number of ether oxygens (including phenoxy) is 1. The second-order valence-corrected chi connectivity index (χ2v) is 9.04. The van der Waals surface area contributed by atoms with E-state index in [1.54, 1.807) is 6.07 Å². The molecule has 0 aliphatic carbocycles. The Morgan fingerprint density at radius 1 is 1.15 bits per heavy atom. The molecule has 0 heterocycles. The highest BCUT2D eigenvalue weighted by molar-refractivity contribution is 7.90. The van der Waals surface area contributed by atoms with Crippen LogP contribution in [0.2, 0.25) is 0 Å². The molecule has 2 aromatic carbocycles. The van der Waals surface area contributed by atoms with Crippen molar-refractivity contribution in [1.82, 2.24) is 0 Å². The van der Waals surface area contributed by atoms with Gasteiger partial charge in [0.15, 0.2) is 16.4 Å². The number of halogens is 1. The summed E-state index contributed by atoms with van der Waals surface area (Å²) >= 11 is 0. The molecule has 5 nitrogen and oxygen atoms in total. The Kier molecular flexibility index (Phi) is 5.71. The van der Waals surface area contributed by atoms with Gasteiger partial charge < -0.3 is 10.1 Å². The summed E-state index contributed by atoms with van der Waals surface area (Å²) in [4.78, 5) is 12.0. The van der Waals surface area contributed by atoms with Crippen molar-refractivity contribution >= 4 is 21.4 Å². The first kappa shape index (κ1) is 19.9. The molecule has 0 atom stereocenters. The maximum atomic E-state index is 13.8. The second kappa shape index (κ2) is 7.45. The Hall–Kier alpha value is -2.41. The molecule has 2 aromatic rings. The number of carbonyl (C=O) groups is 1. The Morgan fingerprint density at radius 2 is 1.85 bits per heavy atom. The summed E-state index contributed by atoms with van der Waals surface area (Å²) in [6.45, 7) is 5.87. The summed E-state index contributed by atoms with van der Waals surface area (Å²) in [6, 6.07) is 10.6. The summed E-state index contributed by atoms with van der Waals surface area (Å²) in [5.41, 5.74) is 0.795. The third-order valence-electron chi connectivity index (χ3n) is 3.71. The van der Waals surface area contributed by atoms with Crippen molar-refractivity contribution in [2.45, 2.75) is 31.1 Å². The zero-order valence-electron chi connectivity index (χ0n) is 15.2. The number of hydrogen-bond acceptors (Lipinski definition) is 4. The van der Waals surface area contributed by atoms with Gasteiger partial charge in [0, 0.05) is 6.26 Å². The lowest BCUT2D eigenvalue weighted by Gasteiger charge is -2.19. The van der Waals surface area contributed by atoms with Crippen molar-refractivity contribution in [2.75, 3.05) is 18.2 Å². The van der Waals surface area contributed by atoms with Gasteiger partial charge in [-0.25, -0.2) is 12.8 Å². The van der Waals surface area contributed by atoms with Crippen LogP contribution < -0.4 is 10.1 Å². The number of sulfone groups is 1. The predicted octanol–water partition coefficient (Wildman–Crippen LogP) is 3.54. The number of benzene rings is 2. The van der Waals surface area contributed by atoms with Gasteiger partial charge in [-0.2, -0.15) is 0 Å². The van der Waals surface area contributed by atoms with E-state index < -0.39 is 21.6 Å². The topological polar surface area (TPSA) is 72.5 Å². The number of anilines is 1. The summed E-state index contributed by atoms with van der Waals surface area (Å²) in [5, 5.41) is 2.33. The van der Waals surface area contributed by atoms with Crippen LogP contribution in [0.1, 0.15) is 26.3 Å². The maximum absolute atomic E-state index is 13.8. The highest BCUT2D eigenvalue weighted by Crippen LogP contribution is 2.25.